The summed E-state index contributed by atoms with van der Waals surface area (Å²) in [5.74, 6) is 0.712. The van der Waals surface area contributed by atoms with E-state index < -0.39 is 6.23 Å². The zero-order valence-electron chi connectivity index (χ0n) is 8.37. The van der Waals surface area contributed by atoms with Crippen LogP contribution < -0.4 is 5.32 Å². The summed E-state index contributed by atoms with van der Waals surface area (Å²) in [5, 5.41) is 12.8. The Morgan fingerprint density at radius 1 is 1.44 bits per heavy atom. The first-order valence-corrected chi connectivity index (χ1v) is 5.96. The molecule has 1 aliphatic carbocycles. The first-order valence-electron chi connectivity index (χ1n) is 5.17. The van der Waals surface area contributed by atoms with E-state index in [0.29, 0.717) is 27.5 Å². The van der Waals surface area contributed by atoms with Gasteiger partial charge in [0.2, 0.25) is 0 Å². The summed E-state index contributed by atoms with van der Waals surface area (Å²) in [6, 6.07) is 3.07. The van der Waals surface area contributed by atoms with Crippen molar-refractivity contribution in [3.8, 4) is 0 Å². The molecule has 0 saturated heterocycles. The highest BCUT2D eigenvalue weighted by atomic mass is 79.9. The van der Waals surface area contributed by atoms with Gasteiger partial charge < -0.3 is 10.4 Å². The number of rotatable bonds is 1. The first kappa shape index (κ1) is 10.2. The topological polar surface area (TPSA) is 44.6 Å². The van der Waals surface area contributed by atoms with Gasteiger partial charge in [-0.1, -0.05) is 15.9 Å². The Kier molecular flexibility index (Phi) is 2.26. The Balaban J connectivity index is 2.06. The van der Waals surface area contributed by atoms with Crippen molar-refractivity contribution < 1.29 is 9.50 Å². The van der Waals surface area contributed by atoms with E-state index in [0.717, 1.165) is 12.8 Å². The van der Waals surface area contributed by atoms with Crippen molar-refractivity contribution >= 4 is 27.5 Å². The lowest BCUT2D eigenvalue weighted by atomic mass is 10.1. The summed E-state index contributed by atoms with van der Waals surface area (Å²) in [4.78, 5) is 4.14. The molecule has 2 N–H and O–H groups in total. The predicted octanol–water partition coefficient (Wildman–Crippen LogP) is 2.81. The average Bonchev–Trinajstić information content (AvgIpc) is 3.02. The third kappa shape index (κ3) is 1.64. The van der Waals surface area contributed by atoms with Crippen LogP contribution in [-0.2, 0) is 0 Å². The van der Waals surface area contributed by atoms with E-state index >= 15 is 0 Å². The zero-order chi connectivity index (χ0) is 11.3. The molecule has 1 unspecified atom stereocenters. The maximum atomic E-state index is 13.7. The van der Waals surface area contributed by atoms with Crippen molar-refractivity contribution in [2.24, 2.45) is 10.9 Å². The monoisotopic (exact) mass is 284 g/mol. The highest BCUT2D eigenvalue weighted by Gasteiger charge is 2.32. The lowest BCUT2D eigenvalue weighted by molar-refractivity contribution is 0.187. The van der Waals surface area contributed by atoms with Crippen LogP contribution in [0.25, 0.3) is 0 Å². The molecule has 0 aromatic heterocycles. The molecule has 2 aliphatic rings. The van der Waals surface area contributed by atoms with Crippen molar-refractivity contribution in [1.82, 2.24) is 0 Å². The minimum Gasteiger partial charge on any atom is -0.368 e. The molecule has 1 aromatic rings. The van der Waals surface area contributed by atoms with Crippen LogP contribution in [0.1, 0.15) is 24.6 Å². The van der Waals surface area contributed by atoms with Crippen molar-refractivity contribution in [1.29, 1.82) is 0 Å². The van der Waals surface area contributed by atoms with Gasteiger partial charge in [-0.3, -0.25) is 0 Å². The number of fused-ring (bicyclic) bond motifs is 1. The maximum Gasteiger partial charge on any atom is 0.175 e. The molecule has 0 spiro atoms. The van der Waals surface area contributed by atoms with Crippen LogP contribution in [0.2, 0.25) is 0 Å². The second kappa shape index (κ2) is 3.53. The number of hydrogen-bond acceptors (Lipinski definition) is 3. The molecule has 1 atom stereocenters. The van der Waals surface area contributed by atoms with Gasteiger partial charge in [0.25, 0.3) is 0 Å². The van der Waals surface area contributed by atoms with Crippen LogP contribution in [0.15, 0.2) is 21.6 Å². The number of nitrogens with zero attached hydrogens (tertiary/aromatic N) is 1. The summed E-state index contributed by atoms with van der Waals surface area (Å²) in [5.41, 5.74) is 0.837. The molecule has 5 heteroatoms. The molecule has 0 radical (unpaired) electrons. The number of hydrogen-bond donors (Lipinski definition) is 2. The zero-order valence-corrected chi connectivity index (χ0v) is 9.96. The highest BCUT2D eigenvalue weighted by molar-refractivity contribution is 9.10. The molecular weight excluding hydrogens is 275 g/mol. The van der Waals surface area contributed by atoms with Gasteiger partial charge in [-0.05, 0) is 25.0 Å². The summed E-state index contributed by atoms with van der Waals surface area (Å²) >= 11 is 3.20. The quantitative estimate of drug-likeness (QED) is 0.833. The van der Waals surface area contributed by atoms with Gasteiger partial charge in [-0.25, -0.2) is 9.38 Å². The molecule has 1 aromatic carbocycles. The molecule has 16 heavy (non-hydrogen) atoms. The summed E-state index contributed by atoms with van der Waals surface area (Å²) in [6.07, 6.45) is 1.16. The Morgan fingerprint density at radius 2 is 2.19 bits per heavy atom. The van der Waals surface area contributed by atoms with Gasteiger partial charge in [0.1, 0.15) is 11.7 Å². The molecule has 3 nitrogen and oxygen atoms in total. The van der Waals surface area contributed by atoms with Gasteiger partial charge in [0.05, 0.1) is 5.69 Å². The van der Waals surface area contributed by atoms with E-state index in [2.05, 4.69) is 26.2 Å². The molecule has 84 valence electrons. The number of anilines is 1. The molecule has 1 aliphatic heterocycles. The van der Waals surface area contributed by atoms with E-state index in [1.54, 1.807) is 6.07 Å². The van der Waals surface area contributed by atoms with Gasteiger partial charge in [0, 0.05) is 16.0 Å². The molecule has 0 amide bonds. The fourth-order valence-electron chi connectivity index (χ4n) is 1.85. The Labute approximate surface area is 101 Å². The predicted molar refractivity (Wildman–Crippen MR) is 62.8 cm³/mol. The van der Waals surface area contributed by atoms with Crippen LogP contribution in [0.5, 0.6) is 0 Å². The number of halogens is 2. The van der Waals surface area contributed by atoms with Gasteiger partial charge in [0.15, 0.2) is 6.23 Å². The van der Waals surface area contributed by atoms with E-state index in [-0.39, 0.29) is 5.82 Å². The van der Waals surface area contributed by atoms with Gasteiger partial charge in [-0.2, -0.15) is 0 Å². The lowest BCUT2D eigenvalue weighted by Gasteiger charge is -2.22. The van der Waals surface area contributed by atoms with Crippen molar-refractivity contribution in [2.45, 2.75) is 19.1 Å². The second-order valence-corrected chi connectivity index (χ2v) is 5.05. The minimum absolute atomic E-state index is 0.354. The minimum atomic E-state index is -0.959. The average molecular weight is 285 g/mol. The van der Waals surface area contributed by atoms with Crippen LogP contribution in [-0.4, -0.2) is 10.9 Å². The molecule has 1 saturated carbocycles. The van der Waals surface area contributed by atoms with Crippen LogP contribution in [0.4, 0.5) is 10.1 Å². The third-order valence-corrected chi connectivity index (χ3v) is 3.30. The van der Waals surface area contributed by atoms with E-state index in [1.807, 2.05) is 0 Å². The summed E-state index contributed by atoms with van der Waals surface area (Å²) in [6.45, 7) is 0. The fraction of sp³-hybridized carbons (Fsp3) is 0.364. The summed E-state index contributed by atoms with van der Waals surface area (Å²) < 4.78 is 14.3. The SMILES string of the molecule is OC1N=C(C2CC2)Nc2c(F)cc(Br)cc21. The molecular formula is C11H10BrFN2O. The number of benzene rings is 1. The maximum absolute atomic E-state index is 13.7. The normalized spacial score (nSPS) is 23.4. The van der Waals surface area contributed by atoms with E-state index in [4.69, 9.17) is 0 Å². The summed E-state index contributed by atoms with van der Waals surface area (Å²) in [7, 11) is 0. The number of nitrogens with one attached hydrogen (secondary N) is 1. The largest absolute Gasteiger partial charge is 0.368 e. The molecule has 3 rings (SSSR count). The molecule has 1 heterocycles. The number of aliphatic hydroxyl groups is 1. The van der Waals surface area contributed by atoms with Gasteiger partial charge in [-0.15, -0.1) is 0 Å². The second-order valence-electron chi connectivity index (χ2n) is 4.14. The number of amidine groups is 1. The highest BCUT2D eigenvalue weighted by Crippen LogP contribution is 2.38. The Bertz CT molecular complexity index is 485. The Hall–Kier alpha value is -0.940. The van der Waals surface area contributed by atoms with E-state index in [9.17, 15) is 9.50 Å². The van der Waals surface area contributed by atoms with Crippen molar-refractivity contribution in [2.75, 3.05) is 5.32 Å². The van der Waals surface area contributed by atoms with Crippen LogP contribution >= 0.6 is 15.9 Å². The lowest BCUT2D eigenvalue weighted by Crippen LogP contribution is -2.23. The van der Waals surface area contributed by atoms with Crippen molar-refractivity contribution in [3.05, 3.63) is 28.0 Å². The fourth-order valence-corrected chi connectivity index (χ4v) is 2.30. The standard InChI is InChI=1S/C11H10BrFN2O/c12-6-3-7-9(8(13)4-6)14-10(5-1-2-5)15-11(7)16/h3-5,11,16H,1-2H2,(H,14,15). The van der Waals surface area contributed by atoms with E-state index in [1.165, 1.54) is 6.07 Å². The van der Waals surface area contributed by atoms with Crippen molar-refractivity contribution in [3.63, 3.8) is 0 Å². The third-order valence-electron chi connectivity index (χ3n) is 2.84. The Morgan fingerprint density at radius 3 is 2.88 bits per heavy atom. The number of aliphatic imine (C=N–C) groups is 1. The van der Waals surface area contributed by atoms with Crippen LogP contribution in [0, 0.1) is 11.7 Å². The smallest absolute Gasteiger partial charge is 0.175 e. The molecule has 0 bridgehead atoms. The first-order chi connectivity index (χ1) is 7.65. The van der Waals surface area contributed by atoms with Gasteiger partial charge >= 0.3 is 0 Å². The molecule has 1 fully saturated rings. The van der Waals surface area contributed by atoms with Crippen LogP contribution in [0.3, 0.4) is 0 Å². The number of aliphatic hydroxyl groups excluding tert-OH is 1.